The topological polar surface area (TPSA) is 75.4 Å². The molecule has 144 valence electrons. The van der Waals surface area contributed by atoms with Crippen molar-refractivity contribution in [1.82, 2.24) is 24.9 Å². The Labute approximate surface area is 161 Å². The number of rotatable bonds is 0. The fourth-order valence-electron chi connectivity index (χ4n) is 4.28. The Kier molecular flexibility index (Phi) is 3.99. The summed E-state index contributed by atoms with van der Waals surface area (Å²) in [6, 6.07) is 3.47. The number of aromatic nitrogens is 4. The van der Waals surface area contributed by atoms with Crippen molar-refractivity contribution in [2.24, 2.45) is 0 Å². The number of nitrogens with one attached hydrogen (secondary N) is 1. The summed E-state index contributed by atoms with van der Waals surface area (Å²) < 4.78 is 15.6. The molecule has 0 aromatic carbocycles. The zero-order chi connectivity index (χ0) is 19.3. The van der Waals surface area contributed by atoms with Gasteiger partial charge in [-0.1, -0.05) is 0 Å². The van der Waals surface area contributed by atoms with Crippen LogP contribution >= 0.6 is 0 Å². The van der Waals surface area contributed by atoms with Crippen LogP contribution in [0.4, 0.5) is 10.2 Å². The van der Waals surface area contributed by atoms with Crippen LogP contribution in [0.5, 0.6) is 0 Å². The molecule has 0 aliphatic carbocycles. The number of fused-ring (bicyclic) bond motifs is 5. The van der Waals surface area contributed by atoms with Crippen molar-refractivity contribution in [3.63, 3.8) is 0 Å². The number of carbonyl (C=O) groups is 1. The molecule has 8 heteroatoms. The van der Waals surface area contributed by atoms with Gasteiger partial charge in [0.15, 0.2) is 5.65 Å². The summed E-state index contributed by atoms with van der Waals surface area (Å²) in [5.41, 5.74) is 3.00. The van der Waals surface area contributed by atoms with Crippen molar-refractivity contribution >= 4 is 17.4 Å². The molecule has 0 radical (unpaired) electrons. The Hall–Kier alpha value is -3.03. The molecule has 2 aliphatic heterocycles. The Morgan fingerprint density at radius 3 is 3.07 bits per heavy atom. The van der Waals surface area contributed by atoms with Gasteiger partial charge in [-0.2, -0.15) is 9.49 Å². The highest BCUT2D eigenvalue weighted by Crippen LogP contribution is 2.37. The fourth-order valence-corrected chi connectivity index (χ4v) is 4.28. The smallest absolute Gasteiger partial charge is 0.256 e. The maximum Gasteiger partial charge on any atom is 0.256 e. The van der Waals surface area contributed by atoms with Crippen molar-refractivity contribution in [2.75, 3.05) is 11.4 Å². The number of hydrogen-bond donors (Lipinski definition) is 1. The van der Waals surface area contributed by atoms with E-state index in [0.717, 1.165) is 49.2 Å². The third-order valence-electron chi connectivity index (χ3n) is 5.72. The molecule has 2 atom stereocenters. The number of carbonyl (C=O) groups excluding carboxylic acids is 1. The van der Waals surface area contributed by atoms with Crippen LogP contribution in [0.15, 0.2) is 30.7 Å². The molecule has 1 fully saturated rings. The lowest BCUT2D eigenvalue weighted by molar-refractivity contribution is 0.0940. The minimum Gasteiger partial charge on any atom is -0.349 e. The van der Waals surface area contributed by atoms with Crippen LogP contribution in [0, 0.1) is 5.95 Å². The van der Waals surface area contributed by atoms with Crippen LogP contribution in [-0.4, -0.2) is 38.1 Å². The summed E-state index contributed by atoms with van der Waals surface area (Å²) in [5, 5.41) is 7.28. The molecular weight excluding hydrogens is 359 g/mol. The van der Waals surface area contributed by atoms with E-state index in [4.69, 9.17) is 4.98 Å². The average Bonchev–Trinajstić information content (AvgIpc) is 3.32. The molecule has 3 aromatic heterocycles. The van der Waals surface area contributed by atoms with E-state index in [1.165, 1.54) is 0 Å². The third kappa shape index (κ3) is 2.80. The van der Waals surface area contributed by atoms with Crippen LogP contribution in [-0.2, 0) is 6.42 Å². The molecular formula is C20H21FN6O. The first-order valence-electron chi connectivity index (χ1n) is 9.66. The second-order valence-electron chi connectivity index (χ2n) is 7.58. The van der Waals surface area contributed by atoms with Gasteiger partial charge in [-0.25, -0.2) is 14.5 Å². The van der Waals surface area contributed by atoms with Gasteiger partial charge >= 0.3 is 0 Å². The van der Waals surface area contributed by atoms with E-state index in [9.17, 15) is 9.18 Å². The van der Waals surface area contributed by atoms with Crippen molar-refractivity contribution in [1.29, 1.82) is 0 Å². The monoisotopic (exact) mass is 380 g/mol. The maximum atomic E-state index is 14.0. The van der Waals surface area contributed by atoms with E-state index in [-0.39, 0.29) is 18.0 Å². The summed E-state index contributed by atoms with van der Waals surface area (Å²) in [5.74, 6) is 0.139. The van der Waals surface area contributed by atoms with Crippen LogP contribution in [0.25, 0.3) is 5.65 Å². The number of nitrogens with zero attached hydrogens (tertiary/aromatic N) is 5. The van der Waals surface area contributed by atoms with Crippen molar-refractivity contribution in [3.05, 3.63) is 53.4 Å². The van der Waals surface area contributed by atoms with Gasteiger partial charge in [0.05, 0.1) is 12.2 Å². The third-order valence-corrected chi connectivity index (χ3v) is 5.72. The Morgan fingerprint density at radius 1 is 1.29 bits per heavy atom. The lowest BCUT2D eigenvalue weighted by Crippen LogP contribution is -2.33. The minimum atomic E-state index is -0.460. The normalized spacial score (nSPS) is 22.2. The first-order chi connectivity index (χ1) is 13.6. The summed E-state index contributed by atoms with van der Waals surface area (Å²) in [6.45, 7) is 2.81. The fraction of sp³-hybridized carbons (Fsp3) is 0.400. The SMILES string of the molecule is C[C@@H]1CCc2cnc(F)cc2C2CCCN2c2ccn3ncc(c3n2)C(=O)N1. The van der Waals surface area contributed by atoms with E-state index in [2.05, 4.69) is 20.3 Å². The number of pyridine rings is 1. The molecule has 1 unspecified atom stereocenters. The lowest BCUT2D eigenvalue weighted by atomic mass is 9.96. The predicted molar refractivity (Wildman–Crippen MR) is 102 cm³/mol. The Morgan fingerprint density at radius 2 is 2.18 bits per heavy atom. The van der Waals surface area contributed by atoms with Gasteiger partial charge in [0, 0.05) is 25.0 Å². The first-order valence-corrected chi connectivity index (χ1v) is 9.66. The lowest BCUT2D eigenvalue weighted by Gasteiger charge is -2.28. The van der Waals surface area contributed by atoms with E-state index < -0.39 is 5.95 Å². The van der Waals surface area contributed by atoms with Crippen LogP contribution < -0.4 is 10.2 Å². The molecule has 0 spiro atoms. The molecule has 7 nitrogen and oxygen atoms in total. The number of aryl methyl sites for hydroxylation is 1. The second-order valence-corrected chi connectivity index (χ2v) is 7.58. The zero-order valence-electron chi connectivity index (χ0n) is 15.6. The van der Waals surface area contributed by atoms with Crippen LogP contribution in [0.1, 0.15) is 53.7 Å². The standard InChI is InChI=1S/C20H21FN6O/c1-12-4-5-13-10-22-17(21)9-14(13)16-3-2-7-26(16)18-6-8-27-19(25-18)15(11-23-27)20(28)24-12/h6,8-12,16H,2-5,7H2,1H3,(H,24,28)/t12-,16?/m1/s1. The van der Waals surface area contributed by atoms with E-state index >= 15 is 0 Å². The minimum absolute atomic E-state index is 0.0380. The van der Waals surface area contributed by atoms with Crippen molar-refractivity contribution in [2.45, 2.75) is 44.7 Å². The molecule has 0 saturated carbocycles. The zero-order valence-corrected chi connectivity index (χ0v) is 15.6. The van der Waals surface area contributed by atoms with Crippen molar-refractivity contribution < 1.29 is 9.18 Å². The summed E-state index contributed by atoms with van der Waals surface area (Å²) in [6.07, 6.45) is 8.42. The molecule has 1 saturated heterocycles. The summed E-state index contributed by atoms with van der Waals surface area (Å²) >= 11 is 0. The molecule has 1 amide bonds. The van der Waals surface area contributed by atoms with Crippen LogP contribution in [0.3, 0.4) is 0 Å². The number of anilines is 1. The van der Waals surface area contributed by atoms with Gasteiger partial charge in [0.2, 0.25) is 5.95 Å². The number of amides is 1. The second kappa shape index (κ2) is 6.54. The van der Waals surface area contributed by atoms with E-state index in [0.29, 0.717) is 11.2 Å². The molecule has 28 heavy (non-hydrogen) atoms. The summed E-state index contributed by atoms with van der Waals surface area (Å²) in [7, 11) is 0. The number of hydrogen-bond acceptors (Lipinski definition) is 5. The largest absolute Gasteiger partial charge is 0.349 e. The van der Waals surface area contributed by atoms with Gasteiger partial charge in [0.25, 0.3) is 5.91 Å². The quantitative estimate of drug-likeness (QED) is 0.607. The van der Waals surface area contributed by atoms with E-state index in [1.54, 1.807) is 23.0 Å². The Bertz CT molecular complexity index is 1060. The van der Waals surface area contributed by atoms with Gasteiger partial charge in [-0.05, 0) is 55.9 Å². The maximum absolute atomic E-state index is 14.0. The van der Waals surface area contributed by atoms with Gasteiger partial charge in [-0.15, -0.1) is 0 Å². The molecule has 3 aromatic rings. The van der Waals surface area contributed by atoms with E-state index in [1.807, 2.05) is 19.2 Å². The van der Waals surface area contributed by atoms with Crippen LogP contribution in [0.2, 0.25) is 0 Å². The molecule has 5 heterocycles. The average molecular weight is 380 g/mol. The Balaban J connectivity index is 1.69. The number of halogens is 1. The summed E-state index contributed by atoms with van der Waals surface area (Å²) in [4.78, 5) is 23.6. The highest BCUT2D eigenvalue weighted by Gasteiger charge is 2.30. The highest BCUT2D eigenvalue weighted by molar-refractivity contribution is 5.99. The van der Waals surface area contributed by atoms with Gasteiger partial charge in [0.1, 0.15) is 11.4 Å². The molecule has 1 N–H and O–H groups in total. The van der Waals surface area contributed by atoms with Gasteiger partial charge < -0.3 is 10.2 Å². The molecule has 2 bridgehead atoms. The van der Waals surface area contributed by atoms with Crippen molar-refractivity contribution in [3.8, 4) is 0 Å². The molecule has 5 rings (SSSR count). The highest BCUT2D eigenvalue weighted by atomic mass is 19.1. The van der Waals surface area contributed by atoms with Gasteiger partial charge in [-0.3, -0.25) is 4.79 Å². The first kappa shape index (κ1) is 17.1. The predicted octanol–water partition coefficient (Wildman–Crippen LogP) is 2.67. The molecule has 2 aliphatic rings.